The van der Waals surface area contributed by atoms with Gasteiger partial charge >= 0.3 is 0 Å². The fraction of sp³-hybridized carbons (Fsp3) is 0.474. The molecule has 2 N–H and O–H groups in total. The molecule has 0 amide bonds. The minimum atomic E-state index is -0.583. The Hall–Kier alpha value is -1.78. The predicted molar refractivity (Wildman–Crippen MR) is 89.1 cm³/mol. The topological polar surface area (TPSA) is 43.1 Å². The number of hydrogen-bond donors (Lipinski definition) is 2. The number of rotatable bonds is 4. The van der Waals surface area contributed by atoms with Crippen molar-refractivity contribution in [1.82, 2.24) is 0 Å². The summed E-state index contributed by atoms with van der Waals surface area (Å²) in [5.41, 5.74) is 2.22. The third kappa shape index (κ3) is 1.91. The van der Waals surface area contributed by atoms with E-state index in [1.807, 2.05) is 12.1 Å². The van der Waals surface area contributed by atoms with E-state index in [1.165, 1.54) is 16.0 Å². The van der Waals surface area contributed by atoms with Crippen LogP contribution in [0.4, 0.5) is 0 Å². The second-order valence-corrected chi connectivity index (χ2v) is 7.11. The van der Waals surface area contributed by atoms with Crippen LogP contribution in [-0.2, 0) is 5.41 Å². The zero-order valence-corrected chi connectivity index (χ0v) is 13.9. The Morgan fingerprint density at radius 2 is 2.09 bits per heavy atom. The highest BCUT2D eigenvalue weighted by Gasteiger charge is 2.59. The molecule has 0 radical (unpaired) electrons. The van der Waals surface area contributed by atoms with Gasteiger partial charge in [-0.25, -0.2) is 0 Å². The maximum Gasteiger partial charge on any atom is 0.166 e. The lowest BCUT2D eigenvalue weighted by atomic mass is 9.59. The van der Waals surface area contributed by atoms with E-state index in [-0.39, 0.29) is 17.4 Å². The first-order chi connectivity index (χ1) is 11.1. The molecule has 3 aliphatic rings. The summed E-state index contributed by atoms with van der Waals surface area (Å²) < 4.78 is 11.8. The van der Waals surface area contributed by atoms with Crippen molar-refractivity contribution < 1.29 is 19.5 Å². The van der Waals surface area contributed by atoms with Gasteiger partial charge in [0.1, 0.15) is 12.2 Å². The first kappa shape index (κ1) is 14.8. The quantitative estimate of drug-likeness (QED) is 0.808. The minimum absolute atomic E-state index is 0.195. The standard InChI is InChI=1S/C19H23NO3/c1-20(2)11-10-19-13-6-4-12-5-9-15(22-3)17(16(12)19)23-18(19)14(21)8-7-13/h4-9,13-14,18,21H,10-11H2,1-3H3/p+1/t13-,14+,18-,19-/m0/s1. The molecule has 4 rings (SSSR count). The van der Waals surface area contributed by atoms with E-state index in [9.17, 15) is 5.11 Å². The van der Waals surface area contributed by atoms with Gasteiger partial charge in [-0.1, -0.05) is 30.4 Å². The van der Waals surface area contributed by atoms with E-state index in [1.54, 1.807) is 7.11 Å². The van der Waals surface area contributed by atoms with Crippen molar-refractivity contribution in [2.45, 2.75) is 24.0 Å². The Labute approximate surface area is 137 Å². The summed E-state index contributed by atoms with van der Waals surface area (Å²) in [6.07, 6.45) is 8.61. The normalized spacial score (nSPS) is 32.8. The summed E-state index contributed by atoms with van der Waals surface area (Å²) in [5, 5.41) is 10.6. The van der Waals surface area contributed by atoms with Crippen LogP contribution in [0.2, 0.25) is 0 Å². The summed E-state index contributed by atoms with van der Waals surface area (Å²) >= 11 is 0. The highest BCUT2D eigenvalue weighted by molar-refractivity contribution is 5.71. The first-order valence-electron chi connectivity index (χ1n) is 8.29. The maximum atomic E-state index is 10.6. The first-order valence-corrected chi connectivity index (χ1v) is 8.29. The van der Waals surface area contributed by atoms with E-state index in [0.29, 0.717) is 0 Å². The third-order valence-corrected chi connectivity index (χ3v) is 5.53. The van der Waals surface area contributed by atoms with E-state index >= 15 is 0 Å². The van der Waals surface area contributed by atoms with Gasteiger partial charge < -0.3 is 19.5 Å². The monoisotopic (exact) mass is 314 g/mol. The second kappa shape index (κ2) is 5.11. The molecule has 1 aromatic carbocycles. The molecule has 4 nitrogen and oxygen atoms in total. The third-order valence-electron chi connectivity index (χ3n) is 5.53. The van der Waals surface area contributed by atoms with Gasteiger partial charge in [-0.15, -0.1) is 0 Å². The zero-order chi connectivity index (χ0) is 16.2. The van der Waals surface area contributed by atoms with E-state index in [2.05, 4.69) is 38.4 Å². The highest BCUT2D eigenvalue weighted by atomic mass is 16.5. The van der Waals surface area contributed by atoms with E-state index < -0.39 is 6.10 Å². The van der Waals surface area contributed by atoms with Crippen LogP contribution in [0.1, 0.15) is 17.5 Å². The minimum Gasteiger partial charge on any atom is -0.493 e. The Morgan fingerprint density at radius 3 is 2.83 bits per heavy atom. The van der Waals surface area contributed by atoms with Crippen LogP contribution in [-0.4, -0.2) is 45.1 Å². The SMILES string of the molecule is COc1ccc2c3c1O[C@H]1[C@H](O)C=C[C@H](C=C2)[C@@]31CC[NH+](C)C. The average molecular weight is 314 g/mol. The fourth-order valence-corrected chi connectivity index (χ4v) is 4.42. The summed E-state index contributed by atoms with van der Waals surface area (Å²) in [5.74, 6) is 1.84. The number of allylic oxidation sites excluding steroid dienone is 2. The van der Waals surface area contributed by atoms with Crippen molar-refractivity contribution in [3.8, 4) is 11.5 Å². The van der Waals surface area contributed by atoms with Gasteiger partial charge in [-0.2, -0.15) is 0 Å². The van der Waals surface area contributed by atoms with Crippen LogP contribution in [0.5, 0.6) is 11.5 Å². The molecule has 0 spiro atoms. The number of quaternary nitrogens is 1. The molecule has 0 fully saturated rings. The van der Waals surface area contributed by atoms with Crippen molar-refractivity contribution in [3.05, 3.63) is 41.5 Å². The number of methoxy groups -OCH3 is 1. The largest absolute Gasteiger partial charge is 0.493 e. The molecule has 122 valence electrons. The van der Waals surface area contributed by atoms with Crippen LogP contribution < -0.4 is 14.4 Å². The van der Waals surface area contributed by atoms with Crippen LogP contribution in [0, 0.1) is 5.92 Å². The summed E-state index contributed by atoms with van der Waals surface area (Å²) in [4.78, 5) is 1.41. The van der Waals surface area contributed by atoms with Gasteiger partial charge in [-0.3, -0.25) is 0 Å². The molecular weight excluding hydrogens is 290 g/mol. The number of aliphatic hydroxyl groups is 1. The predicted octanol–water partition coefficient (Wildman–Crippen LogP) is 0.802. The summed E-state index contributed by atoms with van der Waals surface area (Å²) in [6.45, 7) is 1.03. The number of nitrogens with one attached hydrogen (secondary N) is 1. The van der Waals surface area contributed by atoms with Crippen LogP contribution in [0.15, 0.2) is 30.4 Å². The van der Waals surface area contributed by atoms with E-state index in [0.717, 1.165) is 24.5 Å². The molecule has 0 aromatic heterocycles. The van der Waals surface area contributed by atoms with Gasteiger partial charge in [0.25, 0.3) is 0 Å². The lowest BCUT2D eigenvalue weighted by Crippen LogP contribution is -3.06. The zero-order valence-electron chi connectivity index (χ0n) is 13.9. The number of hydrogen-bond acceptors (Lipinski definition) is 3. The van der Waals surface area contributed by atoms with Gasteiger partial charge in [0, 0.05) is 17.9 Å². The Kier molecular flexibility index (Phi) is 3.29. The second-order valence-electron chi connectivity index (χ2n) is 7.11. The number of ether oxygens (including phenoxy) is 2. The van der Waals surface area contributed by atoms with Crippen molar-refractivity contribution in [1.29, 1.82) is 0 Å². The Balaban J connectivity index is 1.93. The molecule has 0 saturated heterocycles. The Bertz CT molecular complexity index is 694. The van der Waals surface area contributed by atoms with Gasteiger partial charge in [0.15, 0.2) is 11.5 Å². The lowest BCUT2D eigenvalue weighted by molar-refractivity contribution is -0.859. The smallest absolute Gasteiger partial charge is 0.166 e. The molecule has 23 heavy (non-hydrogen) atoms. The van der Waals surface area contributed by atoms with Gasteiger partial charge in [0.2, 0.25) is 0 Å². The van der Waals surface area contributed by atoms with Crippen molar-refractivity contribution in [3.63, 3.8) is 0 Å². The van der Waals surface area contributed by atoms with Gasteiger partial charge in [-0.05, 0) is 11.6 Å². The van der Waals surface area contributed by atoms with Crippen molar-refractivity contribution >= 4 is 6.08 Å². The van der Waals surface area contributed by atoms with Crippen molar-refractivity contribution in [2.24, 2.45) is 5.92 Å². The van der Waals surface area contributed by atoms with Crippen LogP contribution in [0.3, 0.4) is 0 Å². The summed E-state index contributed by atoms with van der Waals surface area (Å²) in [6, 6.07) is 4.06. The molecule has 0 unspecified atom stereocenters. The molecule has 4 heteroatoms. The molecular formula is C19H24NO3+. The molecule has 4 atom stereocenters. The average Bonchev–Trinajstić information content (AvgIpc) is 2.90. The number of aliphatic hydroxyl groups excluding tert-OH is 1. The maximum absolute atomic E-state index is 10.6. The lowest BCUT2D eigenvalue weighted by Gasteiger charge is -2.44. The fourth-order valence-electron chi connectivity index (χ4n) is 4.42. The van der Waals surface area contributed by atoms with Crippen LogP contribution in [0.25, 0.3) is 6.08 Å². The molecule has 1 aliphatic heterocycles. The Morgan fingerprint density at radius 1 is 1.26 bits per heavy atom. The summed E-state index contributed by atoms with van der Waals surface area (Å²) in [7, 11) is 6.01. The van der Waals surface area contributed by atoms with Crippen molar-refractivity contribution in [2.75, 3.05) is 27.7 Å². The molecule has 0 saturated carbocycles. The van der Waals surface area contributed by atoms with Gasteiger partial charge in [0.05, 0.1) is 33.2 Å². The molecule has 1 heterocycles. The van der Waals surface area contributed by atoms with E-state index in [4.69, 9.17) is 9.47 Å². The molecule has 0 bridgehead atoms. The molecule has 1 aromatic rings. The molecule has 2 aliphatic carbocycles. The number of benzene rings is 1. The highest BCUT2D eigenvalue weighted by Crippen LogP contribution is 2.59. The van der Waals surface area contributed by atoms with Crippen LogP contribution >= 0.6 is 0 Å².